The molecular formula is C14H20N2O3S. The van der Waals surface area contributed by atoms with Crippen molar-refractivity contribution in [1.29, 1.82) is 0 Å². The first-order valence-corrected chi connectivity index (χ1v) is 8.20. The first-order valence-electron chi connectivity index (χ1n) is 6.72. The number of carbonyl (C=O) groups is 1. The average molecular weight is 296 g/mol. The van der Waals surface area contributed by atoms with E-state index in [0.29, 0.717) is 11.8 Å². The van der Waals surface area contributed by atoms with Gasteiger partial charge in [0.05, 0.1) is 0 Å². The fourth-order valence-electron chi connectivity index (χ4n) is 2.12. The number of benzene rings is 1. The summed E-state index contributed by atoms with van der Waals surface area (Å²) in [6, 6.07) is 8.04. The average Bonchev–Trinajstić information content (AvgIpc) is 2.45. The highest BCUT2D eigenvalue weighted by Crippen LogP contribution is 2.13. The minimum absolute atomic E-state index is 0.100. The highest BCUT2D eigenvalue weighted by Gasteiger charge is 2.16. The maximum atomic E-state index is 11.3. The molecule has 1 aromatic carbocycles. The number of carbonyl (C=O) groups excluding carboxylic acids is 1. The fraction of sp³-hybridized carbons (Fsp3) is 0.500. The molecule has 6 heteroatoms. The van der Waals surface area contributed by atoms with Crippen LogP contribution in [0.2, 0.25) is 0 Å². The summed E-state index contributed by atoms with van der Waals surface area (Å²) in [4.78, 5) is 10.6. The van der Waals surface area contributed by atoms with Gasteiger partial charge in [-0.2, -0.15) is 0 Å². The lowest BCUT2D eigenvalue weighted by molar-refractivity contribution is -0.119. The Labute approximate surface area is 121 Å². The van der Waals surface area contributed by atoms with Gasteiger partial charge in [-0.25, -0.2) is 0 Å². The summed E-state index contributed by atoms with van der Waals surface area (Å²) in [7, 11) is -0.613. The van der Waals surface area contributed by atoms with Crippen LogP contribution < -0.4 is 15.8 Å². The van der Waals surface area contributed by atoms with Crippen LogP contribution in [0.4, 0.5) is 0 Å². The van der Waals surface area contributed by atoms with Crippen LogP contribution in [0.15, 0.2) is 24.3 Å². The summed E-state index contributed by atoms with van der Waals surface area (Å²) in [5, 5.41) is 3.48. The molecule has 0 radical (unpaired) electrons. The lowest BCUT2D eigenvalue weighted by atomic mass is 10.1. The normalized spacial score (nSPS) is 22.4. The Morgan fingerprint density at radius 3 is 2.55 bits per heavy atom. The van der Waals surface area contributed by atoms with Gasteiger partial charge < -0.3 is 15.8 Å². The summed E-state index contributed by atoms with van der Waals surface area (Å²) < 4.78 is 16.5. The standard InChI is InChI=1S/C14H20N2O3S/c15-14(17)10-19-13-3-1-11(2-4-13)9-16-12-5-7-20(18)8-6-12/h1-4,12,16H,5-10H2,(H2,15,17). The van der Waals surface area contributed by atoms with Crippen LogP contribution in [0, 0.1) is 0 Å². The van der Waals surface area contributed by atoms with Crippen LogP contribution in [0.25, 0.3) is 0 Å². The summed E-state index contributed by atoms with van der Waals surface area (Å²) in [6.45, 7) is 0.685. The minimum atomic E-state index is -0.613. The summed E-state index contributed by atoms with van der Waals surface area (Å²) in [5.74, 6) is 1.76. The molecule has 3 N–H and O–H groups in total. The number of hydrogen-bond acceptors (Lipinski definition) is 4. The van der Waals surface area contributed by atoms with Gasteiger partial charge in [0.1, 0.15) is 5.75 Å². The summed E-state index contributed by atoms with van der Waals surface area (Å²) in [5.41, 5.74) is 6.17. The first-order chi connectivity index (χ1) is 9.63. The van der Waals surface area contributed by atoms with E-state index in [-0.39, 0.29) is 6.61 Å². The van der Waals surface area contributed by atoms with Crippen molar-refractivity contribution in [3.05, 3.63) is 29.8 Å². The zero-order valence-corrected chi connectivity index (χ0v) is 12.2. The van der Waals surface area contributed by atoms with Crippen molar-refractivity contribution in [2.45, 2.75) is 25.4 Å². The molecule has 5 nitrogen and oxygen atoms in total. The molecule has 110 valence electrons. The zero-order valence-electron chi connectivity index (χ0n) is 11.3. The Hall–Kier alpha value is -1.40. The van der Waals surface area contributed by atoms with Gasteiger partial charge in [-0.05, 0) is 30.5 Å². The Balaban J connectivity index is 1.76. The third-order valence-electron chi connectivity index (χ3n) is 3.29. The van der Waals surface area contributed by atoms with Crippen LogP contribution >= 0.6 is 0 Å². The predicted molar refractivity (Wildman–Crippen MR) is 78.9 cm³/mol. The largest absolute Gasteiger partial charge is 0.484 e. The monoisotopic (exact) mass is 296 g/mol. The number of nitrogens with two attached hydrogens (primary N) is 1. The molecule has 1 aliphatic rings. The molecule has 2 rings (SSSR count). The quantitative estimate of drug-likeness (QED) is 0.803. The number of nitrogens with one attached hydrogen (secondary N) is 1. The second-order valence-corrected chi connectivity index (χ2v) is 6.60. The molecule has 0 atom stereocenters. The highest BCUT2D eigenvalue weighted by molar-refractivity contribution is 7.85. The number of rotatable bonds is 6. The Bertz CT molecular complexity index is 466. The molecule has 0 aromatic heterocycles. The van der Waals surface area contributed by atoms with Crippen molar-refractivity contribution in [2.24, 2.45) is 5.73 Å². The molecule has 1 heterocycles. The number of hydrogen-bond donors (Lipinski definition) is 2. The van der Waals surface area contributed by atoms with E-state index >= 15 is 0 Å². The lowest BCUT2D eigenvalue weighted by Gasteiger charge is -2.22. The van der Waals surface area contributed by atoms with Crippen molar-refractivity contribution in [1.82, 2.24) is 5.32 Å². The van der Waals surface area contributed by atoms with E-state index < -0.39 is 16.7 Å². The predicted octanol–water partition coefficient (Wildman–Crippen LogP) is 0.551. The molecule has 0 saturated carbocycles. The molecular weight excluding hydrogens is 276 g/mol. The molecule has 1 amide bonds. The van der Waals surface area contributed by atoms with Crippen LogP contribution in [0.3, 0.4) is 0 Å². The van der Waals surface area contributed by atoms with E-state index in [4.69, 9.17) is 10.5 Å². The highest BCUT2D eigenvalue weighted by atomic mass is 32.2. The van der Waals surface area contributed by atoms with Gasteiger partial charge in [0.2, 0.25) is 0 Å². The van der Waals surface area contributed by atoms with Crippen molar-refractivity contribution in [2.75, 3.05) is 18.1 Å². The minimum Gasteiger partial charge on any atom is -0.484 e. The van der Waals surface area contributed by atoms with E-state index in [1.165, 1.54) is 0 Å². The van der Waals surface area contributed by atoms with Gasteiger partial charge in [0.25, 0.3) is 5.91 Å². The number of primary amides is 1. The Morgan fingerprint density at radius 1 is 1.30 bits per heavy atom. The van der Waals surface area contributed by atoms with Gasteiger partial charge in [-0.15, -0.1) is 0 Å². The maximum absolute atomic E-state index is 11.3. The van der Waals surface area contributed by atoms with E-state index in [1.54, 1.807) is 0 Å². The van der Waals surface area contributed by atoms with E-state index in [0.717, 1.165) is 36.5 Å². The number of ether oxygens (including phenoxy) is 1. The third-order valence-corrected chi connectivity index (χ3v) is 4.67. The van der Waals surface area contributed by atoms with E-state index in [9.17, 15) is 9.00 Å². The second-order valence-electron chi connectivity index (χ2n) is 4.90. The van der Waals surface area contributed by atoms with Crippen LogP contribution in [-0.2, 0) is 22.1 Å². The fourth-order valence-corrected chi connectivity index (χ4v) is 3.42. The van der Waals surface area contributed by atoms with E-state index in [1.807, 2.05) is 24.3 Å². The molecule has 0 spiro atoms. The molecule has 0 bridgehead atoms. The molecule has 20 heavy (non-hydrogen) atoms. The van der Waals surface area contributed by atoms with Crippen LogP contribution in [0.1, 0.15) is 18.4 Å². The van der Waals surface area contributed by atoms with Gasteiger partial charge in [0.15, 0.2) is 6.61 Å². The molecule has 1 saturated heterocycles. The molecule has 0 aliphatic carbocycles. The van der Waals surface area contributed by atoms with Crippen LogP contribution in [0.5, 0.6) is 5.75 Å². The first kappa shape index (κ1) is 15.0. The van der Waals surface area contributed by atoms with Gasteiger partial charge in [-0.1, -0.05) is 12.1 Å². The van der Waals surface area contributed by atoms with E-state index in [2.05, 4.69) is 5.32 Å². The molecule has 1 aromatic rings. The van der Waals surface area contributed by atoms with Crippen LogP contribution in [-0.4, -0.2) is 34.3 Å². The number of amides is 1. The Morgan fingerprint density at radius 2 is 1.95 bits per heavy atom. The van der Waals surface area contributed by atoms with Crippen molar-refractivity contribution in [3.8, 4) is 5.75 Å². The summed E-state index contributed by atoms with van der Waals surface area (Å²) in [6.07, 6.45) is 1.96. The maximum Gasteiger partial charge on any atom is 0.255 e. The molecule has 0 unspecified atom stereocenters. The van der Waals surface area contributed by atoms with Gasteiger partial charge >= 0.3 is 0 Å². The zero-order chi connectivity index (χ0) is 14.4. The summed E-state index contributed by atoms with van der Waals surface area (Å²) >= 11 is 0. The van der Waals surface area contributed by atoms with Crippen molar-refractivity contribution in [3.63, 3.8) is 0 Å². The topological polar surface area (TPSA) is 81.4 Å². The SMILES string of the molecule is NC(=O)COc1ccc(CNC2CCS(=O)CC2)cc1. The third kappa shape index (κ3) is 4.94. The molecule has 1 aliphatic heterocycles. The molecule has 1 fully saturated rings. The second kappa shape index (κ2) is 7.40. The lowest BCUT2D eigenvalue weighted by Crippen LogP contribution is -2.35. The van der Waals surface area contributed by atoms with Gasteiger partial charge in [0, 0.05) is 34.9 Å². The smallest absolute Gasteiger partial charge is 0.255 e. The van der Waals surface area contributed by atoms with Gasteiger partial charge in [-0.3, -0.25) is 9.00 Å². The van der Waals surface area contributed by atoms with Crippen molar-refractivity contribution >= 4 is 16.7 Å². The Kier molecular flexibility index (Phi) is 5.55. The van der Waals surface area contributed by atoms with Crippen molar-refractivity contribution < 1.29 is 13.7 Å².